The highest BCUT2D eigenvalue weighted by Gasteiger charge is 2.31. The molecular weight excluding hydrogens is 368 g/mol. The molecule has 29 heavy (non-hydrogen) atoms. The summed E-state index contributed by atoms with van der Waals surface area (Å²) in [6, 6.07) is 16.6. The molecule has 7 nitrogen and oxygen atoms in total. The molecule has 1 atom stereocenters. The number of methoxy groups -OCH3 is 1. The molecule has 7 heteroatoms. The van der Waals surface area contributed by atoms with E-state index < -0.39 is 12.1 Å². The first-order valence-electron chi connectivity index (χ1n) is 9.89. The number of anilines is 1. The average Bonchev–Trinajstić information content (AvgIpc) is 2.75. The van der Waals surface area contributed by atoms with Crippen LogP contribution < -0.4 is 20.3 Å². The first kappa shape index (κ1) is 20.7. The Morgan fingerprint density at radius 1 is 1.00 bits per heavy atom. The zero-order chi connectivity index (χ0) is 20.6. The number of carbonyl (C=O) groups excluding carboxylic acids is 2. The van der Waals surface area contributed by atoms with Crippen LogP contribution in [-0.4, -0.2) is 56.7 Å². The van der Waals surface area contributed by atoms with Crippen molar-refractivity contribution in [1.82, 2.24) is 15.5 Å². The Morgan fingerprint density at radius 3 is 2.31 bits per heavy atom. The maximum absolute atomic E-state index is 12.9. The maximum Gasteiger partial charge on any atom is 0.321 e. The molecule has 0 unspecified atom stereocenters. The molecule has 1 heterocycles. The van der Waals surface area contributed by atoms with Crippen molar-refractivity contribution in [2.24, 2.45) is 0 Å². The first-order valence-corrected chi connectivity index (χ1v) is 9.89. The van der Waals surface area contributed by atoms with Crippen LogP contribution >= 0.6 is 0 Å². The molecule has 2 aromatic rings. The van der Waals surface area contributed by atoms with E-state index in [1.165, 1.54) is 0 Å². The van der Waals surface area contributed by atoms with E-state index in [2.05, 4.69) is 20.4 Å². The maximum atomic E-state index is 12.9. The number of nitrogens with zero attached hydrogens (tertiary/aromatic N) is 2. The minimum absolute atomic E-state index is 0.312. The summed E-state index contributed by atoms with van der Waals surface area (Å²) in [5, 5.41) is 5.09. The molecular formula is C22H28N4O3. The van der Waals surface area contributed by atoms with Crippen molar-refractivity contribution in [3.63, 3.8) is 0 Å². The Bertz CT molecular complexity index is 820. The molecule has 0 spiro atoms. The van der Waals surface area contributed by atoms with Gasteiger partial charge in [-0.15, -0.1) is 0 Å². The highest BCUT2D eigenvalue weighted by molar-refractivity contribution is 5.97. The molecule has 0 aliphatic carbocycles. The van der Waals surface area contributed by atoms with Crippen molar-refractivity contribution in [3.8, 4) is 5.75 Å². The van der Waals surface area contributed by atoms with E-state index in [0.717, 1.165) is 30.1 Å². The second-order valence-corrected chi connectivity index (χ2v) is 6.86. The zero-order valence-corrected chi connectivity index (χ0v) is 16.9. The fourth-order valence-electron chi connectivity index (χ4n) is 3.66. The fourth-order valence-corrected chi connectivity index (χ4v) is 3.66. The third-order valence-electron chi connectivity index (χ3n) is 5.04. The van der Waals surface area contributed by atoms with Crippen molar-refractivity contribution in [2.75, 3.05) is 44.7 Å². The number of amides is 3. The van der Waals surface area contributed by atoms with Gasteiger partial charge >= 0.3 is 6.03 Å². The molecule has 2 N–H and O–H groups in total. The Labute approximate surface area is 171 Å². The SMILES string of the molecule is CCNC(=O)NC(=O)[C@H](c1ccccc1)N1CCN(c2ccccc2OC)CC1. The second-order valence-electron chi connectivity index (χ2n) is 6.86. The van der Waals surface area contributed by atoms with Crippen molar-refractivity contribution in [1.29, 1.82) is 0 Å². The van der Waals surface area contributed by atoms with Gasteiger partial charge in [0, 0.05) is 32.7 Å². The van der Waals surface area contributed by atoms with Crippen molar-refractivity contribution in [2.45, 2.75) is 13.0 Å². The molecule has 3 amide bonds. The molecule has 0 saturated carbocycles. The number of para-hydroxylation sites is 2. The molecule has 2 aromatic carbocycles. The van der Waals surface area contributed by atoms with Crippen molar-refractivity contribution < 1.29 is 14.3 Å². The van der Waals surface area contributed by atoms with Crippen molar-refractivity contribution >= 4 is 17.6 Å². The van der Waals surface area contributed by atoms with Gasteiger partial charge in [-0.25, -0.2) is 4.79 Å². The Kier molecular flexibility index (Phi) is 7.08. The summed E-state index contributed by atoms with van der Waals surface area (Å²) in [6.45, 7) is 5.19. The number of ether oxygens (including phenoxy) is 1. The van der Waals surface area contributed by atoms with E-state index in [1.54, 1.807) is 7.11 Å². The van der Waals surface area contributed by atoms with E-state index in [9.17, 15) is 9.59 Å². The predicted octanol–water partition coefficient (Wildman–Crippen LogP) is 2.40. The Balaban J connectivity index is 1.74. The van der Waals surface area contributed by atoms with Crippen molar-refractivity contribution in [3.05, 3.63) is 60.2 Å². The number of benzene rings is 2. The second kappa shape index (κ2) is 9.93. The number of piperazine rings is 1. The topological polar surface area (TPSA) is 73.9 Å². The van der Waals surface area contributed by atoms with Crippen LogP contribution in [0.4, 0.5) is 10.5 Å². The molecule has 154 valence electrons. The first-order chi connectivity index (χ1) is 14.1. The van der Waals surface area contributed by atoms with Crippen LogP contribution in [0, 0.1) is 0 Å². The van der Waals surface area contributed by atoms with Crippen LogP contribution in [0.3, 0.4) is 0 Å². The van der Waals surface area contributed by atoms with Crippen LogP contribution in [-0.2, 0) is 4.79 Å². The van der Waals surface area contributed by atoms with Gasteiger partial charge in [0.25, 0.3) is 0 Å². The number of nitrogens with one attached hydrogen (secondary N) is 2. The number of hydrogen-bond donors (Lipinski definition) is 2. The lowest BCUT2D eigenvalue weighted by Gasteiger charge is -2.40. The third-order valence-corrected chi connectivity index (χ3v) is 5.04. The summed E-state index contributed by atoms with van der Waals surface area (Å²) in [4.78, 5) is 29.2. The van der Waals surface area contributed by atoms with Gasteiger partial charge in [-0.05, 0) is 24.6 Å². The van der Waals surface area contributed by atoms with Gasteiger partial charge in [0.15, 0.2) is 0 Å². The van der Waals surface area contributed by atoms with Gasteiger partial charge in [0.2, 0.25) is 5.91 Å². The lowest BCUT2D eigenvalue weighted by atomic mass is 10.0. The highest BCUT2D eigenvalue weighted by Crippen LogP contribution is 2.30. The molecule has 0 aromatic heterocycles. The Morgan fingerprint density at radius 2 is 1.66 bits per heavy atom. The number of hydrogen-bond acceptors (Lipinski definition) is 5. The van der Waals surface area contributed by atoms with E-state index >= 15 is 0 Å². The molecule has 3 rings (SSSR count). The third kappa shape index (κ3) is 5.06. The average molecular weight is 396 g/mol. The molecule has 1 saturated heterocycles. The highest BCUT2D eigenvalue weighted by atomic mass is 16.5. The van der Waals surface area contributed by atoms with Crippen LogP contribution in [0.25, 0.3) is 0 Å². The number of rotatable bonds is 6. The lowest BCUT2D eigenvalue weighted by Crippen LogP contribution is -2.52. The molecule has 0 radical (unpaired) electrons. The van der Waals surface area contributed by atoms with Crippen LogP contribution in [0.2, 0.25) is 0 Å². The summed E-state index contributed by atoms with van der Waals surface area (Å²) in [5.41, 5.74) is 1.93. The predicted molar refractivity (Wildman–Crippen MR) is 113 cm³/mol. The smallest absolute Gasteiger partial charge is 0.321 e. The lowest BCUT2D eigenvalue weighted by molar-refractivity contribution is -0.125. The number of carbonyl (C=O) groups is 2. The quantitative estimate of drug-likeness (QED) is 0.784. The van der Waals surface area contributed by atoms with E-state index in [0.29, 0.717) is 19.6 Å². The largest absolute Gasteiger partial charge is 0.495 e. The summed E-state index contributed by atoms with van der Waals surface area (Å²) in [7, 11) is 1.67. The molecule has 0 bridgehead atoms. The summed E-state index contributed by atoms with van der Waals surface area (Å²) >= 11 is 0. The van der Waals surface area contributed by atoms with Gasteiger partial charge in [0.05, 0.1) is 12.8 Å². The molecule has 1 aliphatic heterocycles. The number of urea groups is 1. The van der Waals surface area contributed by atoms with Gasteiger partial charge < -0.3 is 15.0 Å². The minimum Gasteiger partial charge on any atom is -0.495 e. The minimum atomic E-state index is -0.515. The van der Waals surface area contributed by atoms with E-state index in [-0.39, 0.29) is 5.91 Å². The van der Waals surface area contributed by atoms with Gasteiger partial charge in [-0.3, -0.25) is 15.0 Å². The van der Waals surface area contributed by atoms with E-state index in [4.69, 9.17) is 4.74 Å². The normalized spacial score (nSPS) is 15.4. The van der Waals surface area contributed by atoms with Crippen LogP contribution in [0.5, 0.6) is 5.75 Å². The van der Waals surface area contributed by atoms with Gasteiger partial charge in [-0.2, -0.15) is 0 Å². The van der Waals surface area contributed by atoms with E-state index in [1.807, 2.05) is 61.5 Å². The number of imide groups is 1. The van der Waals surface area contributed by atoms with Gasteiger partial charge in [0.1, 0.15) is 11.8 Å². The molecule has 1 fully saturated rings. The summed E-state index contributed by atoms with van der Waals surface area (Å²) < 4.78 is 5.48. The monoisotopic (exact) mass is 396 g/mol. The van der Waals surface area contributed by atoms with Gasteiger partial charge in [-0.1, -0.05) is 42.5 Å². The fraction of sp³-hybridized carbons (Fsp3) is 0.364. The summed E-state index contributed by atoms with van der Waals surface area (Å²) in [5.74, 6) is 0.530. The summed E-state index contributed by atoms with van der Waals surface area (Å²) in [6.07, 6.45) is 0. The zero-order valence-electron chi connectivity index (χ0n) is 16.9. The molecule has 1 aliphatic rings. The Hall–Kier alpha value is -3.06. The van der Waals surface area contributed by atoms with Crippen LogP contribution in [0.15, 0.2) is 54.6 Å². The standard InChI is InChI=1S/C22H28N4O3/c1-3-23-22(28)24-21(27)20(17-9-5-4-6-10-17)26-15-13-25(14-16-26)18-11-7-8-12-19(18)29-2/h4-12,20H,3,13-16H2,1-2H3,(H2,23,24,27,28)/t20-/m0/s1. The van der Waals surface area contributed by atoms with Crippen LogP contribution in [0.1, 0.15) is 18.5 Å².